The van der Waals surface area contributed by atoms with Crippen molar-refractivity contribution in [3.63, 3.8) is 0 Å². The highest BCUT2D eigenvalue weighted by molar-refractivity contribution is 7.99. The molecule has 7 nitrogen and oxygen atoms in total. The summed E-state index contributed by atoms with van der Waals surface area (Å²) in [6.07, 6.45) is 4.38. The van der Waals surface area contributed by atoms with Crippen LogP contribution in [-0.2, 0) is 4.79 Å². The molecule has 9 heteroatoms. The molecule has 0 aliphatic carbocycles. The Morgan fingerprint density at radius 1 is 1.21 bits per heavy atom. The topological polar surface area (TPSA) is 101 Å². The summed E-state index contributed by atoms with van der Waals surface area (Å²) in [5, 5.41) is 9.76. The predicted octanol–water partition coefficient (Wildman–Crippen LogP) is 4.22. The third-order valence-electron chi connectivity index (χ3n) is 4.14. The number of rotatable bonds is 10. The van der Waals surface area contributed by atoms with Gasteiger partial charge in [0.05, 0.1) is 11.4 Å². The maximum Gasteiger partial charge on any atom is 0.239 e. The fourth-order valence-electron chi connectivity index (χ4n) is 2.68. The van der Waals surface area contributed by atoms with E-state index in [0.717, 1.165) is 35.7 Å². The van der Waals surface area contributed by atoms with Gasteiger partial charge in [0.25, 0.3) is 0 Å². The molecule has 0 saturated heterocycles. The third-order valence-corrected chi connectivity index (χ3v) is 5.83. The molecule has 0 aliphatic rings. The number of thiazole rings is 1. The number of thioether (sulfide) groups is 1. The third kappa shape index (κ3) is 5.56. The molecule has 3 rings (SSSR count). The summed E-state index contributed by atoms with van der Waals surface area (Å²) < 4.78 is 0. The molecule has 0 aliphatic heterocycles. The molecule has 0 atom stereocenters. The number of hydrogen-bond donors (Lipinski definition) is 2. The Bertz CT molecular complexity index is 879. The molecule has 0 radical (unpaired) electrons. The summed E-state index contributed by atoms with van der Waals surface area (Å²) in [4.78, 5) is 23.4. The van der Waals surface area contributed by atoms with Crippen LogP contribution in [-0.4, -0.2) is 38.4 Å². The van der Waals surface area contributed by atoms with Crippen molar-refractivity contribution in [2.24, 2.45) is 0 Å². The van der Waals surface area contributed by atoms with Crippen molar-refractivity contribution in [1.82, 2.24) is 20.2 Å². The van der Waals surface area contributed by atoms with Gasteiger partial charge in [0.2, 0.25) is 17.0 Å². The number of amides is 1. The second-order valence-corrected chi connectivity index (χ2v) is 8.06. The van der Waals surface area contributed by atoms with E-state index in [2.05, 4.69) is 22.1 Å². The smallest absolute Gasteiger partial charge is 0.239 e. The zero-order chi connectivity index (χ0) is 19.8. The number of nitrogens with one attached hydrogen (secondary N) is 1. The van der Waals surface area contributed by atoms with Crippen LogP contribution >= 0.6 is 23.1 Å². The van der Waals surface area contributed by atoms with Crippen LogP contribution < -0.4 is 10.6 Å². The van der Waals surface area contributed by atoms with Crippen molar-refractivity contribution in [1.29, 1.82) is 0 Å². The van der Waals surface area contributed by atoms with Crippen molar-refractivity contribution in [2.45, 2.75) is 37.8 Å². The Hall–Kier alpha value is -2.39. The number of H-pyrrole nitrogens is 1. The second kappa shape index (κ2) is 10.2. The molecule has 3 N–H and O–H groups in total. The molecule has 0 spiro atoms. The number of unbranched alkanes of at least 4 members (excludes halogenated alkanes) is 3. The predicted molar refractivity (Wildman–Crippen MR) is 116 cm³/mol. The first kappa shape index (κ1) is 20.3. The molecule has 1 aromatic carbocycles. The van der Waals surface area contributed by atoms with Crippen LogP contribution in [0.1, 0.15) is 32.6 Å². The molecule has 28 heavy (non-hydrogen) atoms. The van der Waals surface area contributed by atoms with Gasteiger partial charge in [-0.2, -0.15) is 4.98 Å². The molecule has 0 bridgehead atoms. The van der Waals surface area contributed by atoms with Crippen LogP contribution in [0, 0.1) is 0 Å². The molecule has 1 amide bonds. The van der Waals surface area contributed by atoms with Gasteiger partial charge in [-0.25, -0.2) is 10.1 Å². The van der Waals surface area contributed by atoms with Crippen molar-refractivity contribution in [3.8, 4) is 11.3 Å². The lowest BCUT2D eigenvalue weighted by molar-refractivity contribution is -0.116. The van der Waals surface area contributed by atoms with E-state index in [-0.39, 0.29) is 17.6 Å². The van der Waals surface area contributed by atoms with Crippen LogP contribution in [0.15, 0.2) is 40.9 Å². The quantitative estimate of drug-likeness (QED) is 0.379. The fourth-order valence-corrected chi connectivity index (χ4v) is 4.24. The lowest BCUT2D eigenvalue weighted by atomic mass is 10.2. The summed E-state index contributed by atoms with van der Waals surface area (Å²) in [5.74, 6) is 0.489. The number of nitrogens with zero attached hydrogens (tertiary/aromatic N) is 4. The Kier molecular flexibility index (Phi) is 7.44. The Labute approximate surface area is 172 Å². The van der Waals surface area contributed by atoms with E-state index in [1.165, 1.54) is 29.5 Å². The normalized spacial score (nSPS) is 10.9. The first-order chi connectivity index (χ1) is 13.7. The zero-order valence-corrected chi connectivity index (χ0v) is 17.4. The van der Waals surface area contributed by atoms with Crippen LogP contribution in [0.3, 0.4) is 0 Å². The van der Waals surface area contributed by atoms with Gasteiger partial charge in [-0.05, 0) is 6.42 Å². The number of carbonyl (C=O) groups excluding carboxylic acids is 1. The van der Waals surface area contributed by atoms with Gasteiger partial charge in [-0.3, -0.25) is 9.69 Å². The molecule has 2 aromatic heterocycles. The van der Waals surface area contributed by atoms with Crippen LogP contribution in [0.5, 0.6) is 0 Å². The van der Waals surface area contributed by atoms with Crippen LogP contribution in [0.25, 0.3) is 11.3 Å². The van der Waals surface area contributed by atoms with Crippen molar-refractivity contribution < 1.29 is 4.79 Å². The summed E-state index contributed by atoms with van der Waals surface area (Å²) in [7, 11) is 0. The van der Waals surface area contributed by atoms with Gasteiger partial charge in [-0.1, -0.05) is 68.3 Å². The number of benzene rings is 1. The highest BCUT2D eigenvalue weighted by Crippen LogP contribution is 2.28. The van der Waals surface area contributed by atoms with Crippen LogP contribution in [0.4, 0.5) is 11.1 Å². The Morgan fingerprint density at radius 2 is 2.04 bits per heavy atom. The minimum Gasteiger partial charge on any atom is -0.368 e. The van der Waals surface area contributed by atoms with Gasteiger partial charge in [0, 0.05) is 17.5 Å². The number of carbonyl (C=O) groups is 1. The molecule has 0 saturated carbocycles. The monoisotopic (exact) mass is 416 g/mol. The minimum absolute atomic E-state index is 0.00108. The minimum atomic E-state index is -0.00108. The molecule has 2 heterocycles. The SMILES string of the molecule is CCCCCCN(C(=O)CSc1n[nH]c(N)n1)c1nc(-c2ccccc2)cs1. The molecule has 0 unspecified atom stereocenters. The van der Waals surface area contributed by atoms with E-state index in [0.29, 0.717) is 11.7 Å². The van der Waals surface area contributed by atoms with Gasteiger partial charge in [-0.15, -0.1) is 16.4 Å². The molecular formula is C19H24N6OS2. The number of anilines is 2. The number of aromatic amines is 1. The van der Waals surface area contributed by atoms with E-state index in [9.17, 15) is 4.79 Å². The van der Waals surface area contributed by atoms with Crippen LogP contribution in [0.2, 0.25) is 0 Å². The van der Waals surface area contributed by atoms with Gasteiger partial charge >= 0.3 is 0 Å². The molecule has 148 valence electrons. The van der Waals surface area contributed by atoms with Gasteiger partial charge in [0.15, 0.2) is 5.13 Å². The van der Waals surface area contributed by atoms with E-state index >= 15 is 0 Å². The van der Waals surface area contributed by atoms with E-state index in [1.54, 1.807) is 4.90 Å². The maximum atomic E-state index is 12.9. The van der Waals surface area contributed by atoms with Crippen molar-refractivity contribution in [3.05, 3.63) is 35.7 Å². The number of aromatic nitrogens is 4. The zero-order valence-electron chi connectivity index (χ0n) is 15.8. The maximum absolute atomic E-state index is 12.9. The summed E-state index contributed by atoms with van der Waals surface area (Å²) in [6.45, 7) is 2.84. The summed E-state index contributed by atoms with van der Waals surface area (Å²) in [6, 6.07) is 10.0. The van der Waals surface area contributed by atoms with Gasteiger partial charge < -0.3 is 5.73 Å². The lowest BCUT2D eigenvalue weighted by Gasteiger charge is -2.19. The van der Waals surface area contributed by atoms with E-state index in [4.69, 9.17) is 10.7 Å². The molecule has 3 aromatic rings. The van der Waals surface area contributed by atoms with E-state index < -0.39 is 0 Å². The number of hydrogen-bond acceptors (Lipinski definition) is 7. The molecule has 0 fully saturated rings. The lowest BCUT2D eigenvalue weighted by Crippen LogP contribution is -2.33. The highest BCUT2D eigenvalue weighted by atomic mass is 32.2. The first-order valence-electron chi connectivity index (χ1n) is 9.29. The largest absolute Gasteiger partial charge is 0.368 e. The fraction of sp³-hybridized carbons (Fsp3) is 0.368. The molecular weight excluding hydrogens is 392 g/mol. The Morgan fingerprint density at radius 3 is 2.75 bits per heavy atom. The summed E-state index contributed by atoms with van der Waals surface area (Å²) >= 11 is 2.77. The average Bonchev–Trinajstić information content (AvgIpc) is 3.36. The van der Waals surface area contributed by atoms with Crippen molar-refractivity contribution >= 4 is 40.1 Å². The summed E-state index contributed by atoms with van der Waals surface area (Å²) in [5.41, 5.74) is 7.48. The Balaban J connectivity index is 1.70. The van der Waals surface area contributed by atoms with Crippen molar-refractivity contribution in [2.75, 3.05) is 22.9 Å². The number of nitrogens with two attached hydrogens (primary N) is 1. The number of nitrogen functional groups attached to an aromatic ring is 1. The first-order valence-corrected chi connectivity index (χ1v) is 11.2. The van der Waals surface area contributed by atoms with E-state index in [1.807, 2.05) is 35.7 Å². The second-order valence-electron chi connectivity index (χ2n) is 6.28. The highest BCUT2D eigenvalue weighted by Gasteiger charge is 2.20. The average molecular weight is 417 g/mol. The standard InChI is InChI=1S/C19H24N6OS2/c1-2-3-4-8-11-25(16(26)13-27-18-22-17(20)23-24-18)19-21-15(12-28-19)14-9-6-5-7-10-14/h5-7,9-10,12H,2-4,8,11,13H2,1H3,(H3,20,22,23,24). The van der Waals surface area contributed by atoms with Gasteiger partial charge in [0.1, 0.15) is 0 Å².